The van der Waals surface area contributed by atoms with E-state index in [0.717, 1.165) is 64.2 Å². The van der Waals surface area contributed by atoms with Crippen LogP contribution in [0.2, 0.25) is 0 Å². The molecule has 0 aromatic rings. The highest BCUT2D eigenvalue weighted by molar-refractivity contribution is 14.0. The van der Waals surface area contributed by atoms with Crippen molar-refractivity contribution in [2.45, 2.75) is 53.0 Å². The van der Waals surface area contributed by atoms with Gasteiger partial charge in [0.2, 0.25) is 0 Å². The molecule has 0 spiro atoms. The number of aliphatic imine (C=N–C) groups is 1. The van der Waals surface area contributed by atoms with E-state index in [1.807, 2.05) is 0 Å². The second-order valence-corrected chi connectivity index (χ2v) is 6.58. The molecule has 0 radical (unpaired) electrons. The number of morpholine rings is 1. The Morgan fingerprint density at radius 1 is 1.17 bits per heavy atom. The van der Waals surface area contributed by atoms with Crippen LogP contribution in [0.25, 0.3) is 0 Å². The van der Waals surface area contributed by atoms with Crippen LogP contribution in [-0.4, -0.2) is 62.8 Å². The van der Waals surface area contributed by atoms with Gasteiger partial charge in [-0.25, -0.2) is 0 Å². The van der Waals surface area contributed by atoms with Crippen LogP contribution in [-0.2, 0) is 4.74 Å². The summed E-state index contributed by atoms with van der Waals surface area (Å²) in [5.74, 6) is 1.72. The van der Waals surface area contributed by atoms with Gasteiger partial charge in [-0.15, -0.1) is 24.0 Å². The van der Waals surface area contributed by atoms with E-state index in [0.29, 0.717) is 6.04 Å². The lowest BCUT2D eigenvalue weighted by Crippen LogP contribution is -2.42. The maximum atomic E-state index is 5.37. The Balaban J connectivity index is 0.00000484. The fourth-order valence-corrected chi connectivity index (χ4v) is 2.52. The van der Waals surface area contributed by atoms with Crippen molar-refractivity contribution in [1.82, 2.24) is 15.5 Å². The number of guanidine groups is 1. The molecular formula is C17H37IN4O. The van der Waals surface area contributed by atoms with E-state index in [2.05, 4.69) is 43.2 Å². The van der Waals surface area contributed by atoms with Gasteiger partial charge in [-0.05, 0) is 39.0 Å². The Bertz CT molecular complexity index is 307. The number of halogens is 1. The first-order valence-electron chi connectivity index (χ1n) is 8.96. The predicted molar refractivity (Wildman–Crippen MR) is 110 cm³/mol. The van der Waals surface area contributed by atoms with Crippen LogP contribution in [0.15, 0.2) is 4.99 Å². The number of nitrogens with zero attached hydrogens (tertiary/aromatic N) is 2. The van der Waals surface area contributed by atoms with Gasteiger partial charge in [0, 0.05) is 38.8 Å². The average molecular weight is 440 g/mol. The smallest absolute Gasteiger partial charge is 0.191 e. The third kappa shape index (κ3) is 12.0. The van der Waals surface area contributed by atoms with Gasteiger partial charge in [-0.1, -0.05) is 13.8 Å². The monoisotopic (exact) mass is 440 g/mol. The predicted octanol–water partition coefficient (Wildman–Crippen LogP) is 2.71. The van der Waals surface area contributed by atoms with E-state index in [1.165, 1.54) is 12.8 Å². The van der Waals surface area contributed by atoms with Crippen LogP contribution in [0.5, 0.6) is 0 Å². The lowest BCUT2D eigenvalue weighted by Gasteiger charge is -2.26. The van der Waals surface area contributed by atoms with Crippen molar-refractivity contribution in [2.24, 2.45) is 10.9 Å². The minimum Gasteiger partial charge on any atom is -0.379 e. The second kappa shape index (κ2) is 14.3. The third-order valence-electron chi connectivity index (χ3n) is 3.91. The molecule has 1 heterocycles. The molecule has 1 fully saturated rings. The molecule has 1 saturated heterocycles. The zero-order chi connectivity index (χ0) is 16.2. The minimum absolute atomic E-state index is 0. The molecule has 1 atom stereocenters. The summed E-state index contributed by atoms with van der Waals surface area (Å²) in [4.78, 5) is 7.16. The summed E-state index contributed by atoms with van der Waals surface area (Å²) < 4.78 is 5.37. The molecule has 1 aliphatic heterocycles. The SMILES string of the molecule is CCNC(=NCCCN1CCOCC1)NC(C)CCC(C)C.I. The normalized spacial score (nSPS) is 17.7. The molecule has 6 heteroatoms. The van der Waals surface area contributed by atoms with Gasteiger partial charge in [-0.3, -0.25) is 9.89 Å². The standard InChI is InChI=1S/C17H36N4O.HI/c1-5-18-17(20-16(4)8-7-15(2)3)19-9-6-10-21-11-13-22-14-12-21;/h15-16H,5-14H2,1-4H3,(H2,18,19,20);1H. The maximum Gasteiger partial charge on any atom is 0.191 e. The van der Waals surface area contributed by atoms with E-state index >= 15 is 0 Å². The molecule has 1 rings (SSSR count). The molecule has 1 unspecified atom stereocenters. The van der Waals surface area contributed by atoms with Gasteiger partial charge in [-0.2, -0.15) is 0 Å². The fraction of sp³-hybridized carbons (Fsp3) is 0.941. The molecule has 0 bridgehead atoms. The highest BCUT2D eigenvalue weighted by atomic mass is 127. The van der Waals surface area contributed by atoms with Crippen molar-refractivity contribution in [1.29, 1.82) is 0 Å². The molecule has 138 valence electrons. The molecule has 0 amide bonds. The summed E-state index contributed by atoms with van der Waals surface area (Å²) in [6.45, 7) is 15.7. The number of hydrogen-bond donors (Lipinski definition) is 2. The summed E-state index contributed by atoms with van der Waals surface area (Å²) in [7, 11) is 0. The summed E-state index contributed by atoms with van der Waals surface area (Å²) in [5, 5.41) is 6.86. The third-order valence-corrected chi connectivity index (χ3v) is 3.91. The number of ether oxygens (including phenoxy) is 1. The van der Waals surface area contributed by atoms with E-state index in [9.17, 15) is 0 Å². The number of rotatable bonds is 9. The Kier molecular flexibility index (Phi) is 14.2. The summed E-state index contributed by atoms with van der Waals surface area (Å²) in [6.07, 6.45) is 3.55. The van der Waals surface area contributed by atoms with Crippen molar-refractivity contribution in [3.63, 3.8) is 0 Å². The Labute approximate surface area is 160 Å². The first-order valence-corrected chi connectivity index (χ1v) is 8.96. The summed E-state index contributed by atoms with van der Waals surface area (Å²) >= 11 is 0. The van der Waals surface area contributed by atoms with Crippen LogP contribution >= 0.6 is 24.0 Å². The average Bonchev–Trinajstić information content (AvgIpc) is 2.50. The molecule has 0 aromatic heterocycles. The van der Waals surface area contributed by atoms with Crippen molar-refractivity contribution >= 4 is 29.9 Å². The first-order chi connectivity index (χ1) is 10.6. The summed E-state index contributed by atoms with van der Waals surface area (Å²) in [5.41, 5.74) is 0. The van der Waals surface area contributed by atoms with Gasteiger partial charge in [0.25, 0.3) is 0 Å². The summed E-state index contributed by atoms with van der Waals surface area (Å²) in [6, 6.07) is 0.472. The van der Waals surface area contributed by atoms with Crippen molar-refractivity contribution in [3.8, 4) is 0 Å². The zero-order valence-corrected chi connectivity index (χ0v) is 17.8. The molecule has 23 heavy (non-hydrogen) atoms. The van der Waals surface area contributed by atoms with Gasteiger partial charge >= 0.3 is 0 Å². The maximum absolute atomic E-state index is 5.37. The van der Waals surface area contributed by atoms with Gasteiger partial charge < -0.3 is 15.4 Å². The van der Waals surface area contributed by atoms with Crippen molar-refractivity contribution < 1.29 is 4.74 Å². The van der Waals surface area contributed by atoms with Gasteiger partial charge in [0.15, 0.2) is 5.96 Å². The van der Waals surface area contributed by atoms with Crippen LogP contribution in [0, 0.1) is 5.92 Å². The minimum atomic E-state index is 0. The largest absolute Gasteiger partial charge is 0.379 e. The topological polar surface area (TPSA) is 48.9 Å². The lowest BCUT2D eigenvalue weighted by atomic mass is 10.0. The van der Waals surface area contributed by atoms with Gasteiger partial charge in [0.05, 0.1) is 13.2 Å². The van der Waals surface area contributed by atoms with E-state index in [-0.39, 0.29) is 24.0 Å². The Hall–Kier alpha value is -0.0800. The highest BCUT2D eigenvalue weighted by Gasteiger charge is 2.09. The van der Waals surface area contributed by atoms with Crippen LogP contribution < -0.4 is 10.6 Å². The van der Waals surface area contributed by atoms with Crippen LogP contribution in [0.1, 0.15) is 47.0 Å². The van der Waals surface area contributed by atoms with E-state index < -0.39 is 0 Å². The molecule has 1 aliphatic rings. The van der Waals surface area contributed by atoms with Crippen LogP contribution in [0.3, 0.4) is 0 Å². The fourth-order valence-electron chi connectivity index (χ4n) is 2.52. The van der Waals surface area contributed by atoms with Gasteiger partial charge in [0.1, 0.15) is 0 Å². The highest BCUT2D eigenvalue weighted by Crippen LogP contribution is 2.06. The molecule has 5 nitrogen and oxygen atoms in total. The molecule has 0 aromatic carbocycles. The second-order valence-electron chi connectivity index (χ2n) is 6.58. The Morgan fingerprint density at radius 2 is 1.87 bits per heavy atom. The quantitative estimate of drug-likeness (QED) is 0.251. The first kappa shape index (κ1) is 22.9. The number of nitrogens with one attached hydrogen (secondary N) is 2. The Morgan fingerprint density at radius 3 is 2.48 bits per heavy atom. The van der Waals surface area contributed by atoms with Crippen molar-refractivity contribution in [3.05, 3.63) is 0 Å². The van der Waals surface area contributed by atoms with E-state index in [4.69, 9.17) is 9.73 Å². The van der Waals surface area contributed by atoms with Crippen LogP contribution in [0.4, 0.5) is 0 Å². The number of hydrogen-bond acceptors (Lipinski definition) is 3. The molecular weight excluding hydrogens is 403 g/mol. The van der Waals surface area contributed by atoms with Crippen molar-refractivity contribution in [2.75, 3.05) is 45.9 Å². The zero-order valence-electron chi connectivity index (χ0n) is 15.4. The van der Waals surface area contributed by atoms with E-state index in [1.54, 1.807) is 0 Å². The molecule has 0 aliphatic carbocycles. The molecule has 2 N–H and O–H groups in total. The molecule has 0 saturated carbocycles. The lowest BCUT2D eigenvalue weighted by molar-refractivity contribution is 0.0377.